The van der Waals surface area contributed by atoms with Gasteiger partial charge < -0.3 is 0 Å². The number of sulfonamides is 1. The third kappa shape index (κ3) is 4.59. The lowest BCUT2D eigenvalue weighted by Crippen LogP contribution is -2.26. The molecule has 8 heteroatoms. The monoisotopic (exact) mass is 421 g/mol. The first-order valence-electron chi connectivity index (χ1n) is 5.92. The largest absolute Gasteiger partial charge is 0.416 e. The second kappa shape index (κ2) is 7.08. The van der Waals surface area contributed by atoms with E-state index in [0.29, 0.717) is 6.42 Å². The van der Waals surface area contributed by atoms with Crippen LogP contribution in [-0.2, 0) is 16.2 Å². The third-order valence-corrected chi connectivity index (χ3v) is 5.10. The van der Waals surface area contributed by atoms with Crippen LogP contribution >= 0.6 is 22.6 Å². The second-order valence-corrected chi connectivity index (χ2v) is 7.03. The predicted octanol–water partition coefficient (Wildman–Crippen LogP) is 3.51. The Hall–Kier alpha value is -0.350. The van der Waals surface area contributed by atoms with Crippen LogP contribution in [0, 0.1) is 6.92 Å². The fourth-order valence-electron chi connectivity index (χ4n) is 1.72. The van der Waals surface area contributed by atoms with Crippen molar-refractivity contribution in [2.45, 2.75) is 30.8 Å². The van der Waals surface area contributed by atoms with Gasteiger partial charge in [0.25, 0.3) is 0 Å². The molecule has 0 atom stereocenters. The summed E-state index contributed by atoms with van der Waals surface area (Å²) in [6.45, 7) is 1.39. The molecule has 1 aromatic rings. The van der Waals surface area contributed by atoms with E-state index in [0.717, 1.165) is 23.0 Å². The van der Waals surface area contributed by atoms with Crippen LogP contribution in [0.15, 0.2) is 23.1 Å². The summed E-state index contributed by atoms with van der Waals surface area (Å²) in [5.41, 5.74) is -1.20. The van der Waals surface area contributed by atoms with Crippen molar-refractivity contribution in [3.63, 3.8) is 0 Å². The Bertz CT molecular complexity index is 558. The molecule has 114 valence electrons. The van der Waals surface area contributed by atoms with Gasteiger partial charge in [0.15, 0.2) is 0 Å². The fraction of sp³-hybridized carbons (Fsp3) is 0.500. The van der Waals surface area contributed by atoms with Crippen molar-refractivity contribution < 1.29 is 21.6 Å². The van der Waals surface area contributed by atoms with Crippen molar-refractivity contribution in [3.05, 3.63) is 29.3 Å². The maximum atomic E-state index is 12.8. The molecule has 0 saturated carbocycles. The van der Waals surface area contributed by atoms with Crippen LogP contribution in [0.4, 0.5) is 13.2 Å². The first-order valence-corrected chi connectivity index (χ1v) is 8.93. The molecular weight excluding hydrogens is 406 g/mol. The number of nitrogens with one attached hydrogen (secondary N) is 1. The van der Waals surface area contributed by atoms with Gasteiger partial charge in [-0.3, -0.25) is 0 Å². The molecule has 0 aliphatic carbocycles. The lowest BCUT2D eigenvalue weighted by atomic mass is 10.1. The highest BCUT2D eigenvalue weighted by Crippen LogP contribution is 2.34. The smallest absolute Gasteiger partial charge is 0.211 e. The molecule has 0 spiro atoms. The van der Waals surface area contributed by atoms with Gasteiger partial charge in [-0.15, -0.1) is 0 Å². The number of hydrogen-bond acceptors (Lipinski definition) is 2. The average molecular weight is 421 g/mol. The molecule has 0 aliphatic heterocycles. The van der Waals surface area contributed by atoms with Crippen LogP contribution in [0.3, 0.4) is 0 Å². The topological polar surface area (TPSA) is 46.2 Å². The van der Waals surface area contributed by atoms with Crippen LogP contribution in [0.25, 0.3) is 0 Å². The first kappa shape index (κ1) is 17.7. The van der Waals surface area contributed by atoms with Crippen LogP contribution < -0.4 is 4.72 Å². The summed E-state index contributed by atoms with van der Waals surface area (Å²) in [6, 6.07) is 3.17. The lowest BCUT2D eigenvalue weighted by Gasteiger charge is -2.14. The van der Waals surface area contributed by atoms with Crippen molar-refractivity contribution >= 4 is 32.6 Å². The van der Waals surface area contributed by atoms with E-state index in [-0.39, 0.29) is 17.0 Å². The molecule has 0 unspecified atom stereocenters. The maximum absolute atomic E-state index is 12.8. The molecule has 0 heterocycles. The van der Waals surface area contributed by atoms with E-state index in [1.54, 1.807) is 0 Å². The third-order valence-electron chi connectivity index (χ3n) is 2.73. The van der Waals surface area contributed by atoms with E-state index in [2.05, 4.69) is 27.3 Å². The second-order valence-electron chi connectivity index (χ2n) is 4.22. The summed E-state index contributed by atoms with van der Waals surface area (Å²) in [6.07, 6.45) is -3.05. The molecule has 1 aromatic carbocycles. The minimum atomic E-state index is -4.56. The highest BCUT2D eigenvalue weighted by atomic mass is 127. The predicted molar refractivity (Wildman–Crippen MR) is 79.5 cm³/mol. The number of alkyl halides is 4. The molecule has 1 N–H and O–H groups in total. The van der Waals surface area contributed by atoms with E-state index >= 15 is 0 Å². The van der Waals surface area contributed by atoms with Crippen molar-refractivity contribution in [2.75, 3.05) is 11.0 Å². The summed E-state index contributed by atoms with van der Waals surface area (Å²) in [5.74, 6) is 0. The molecule has 0 bridgehead atoms. The maximum Gasteiger partial charge on any atom is 0.416 e. The van der Waals surface area contributed by atoms with Gasteiger partial charge in [-0.25, -0.2) is 13.1 Å². The Morgan fingerprint density at radius 2 is 1.90 bits per heavy atom. The van der Waals surface area contributed by atoms with Gasteiger partial charge in [-0.1, -0.05) is 28.7 Å². The van der Waals surface area contributed by atoms with E-state index in [4.69, 9.17) is 0 Å². The zero-order chi connectivity index (χ0) is 15.4. The molecule has 0 fully saturated rings. The molecular formula is C12H15F3INO2S. The highest BCUT2D eigenvalue weighted by Gasteiger charge is 2.34. The van der Waals surface area contributed by atoms with Crippen LogP contribution in [-0.4, -0.2) is 19.4 Å². The van der Waals surface area contributed by atoms with Crippen molar-refractivity contribution in [2.24, 2.45) is 0 Å². The molecule has 0 aliphatic rings. The standard InChI is InChI=1S/C12H15F3INO2S/c1-9-10(12(13,14)15)5-4-6-11(9)20(18,19)17-8-3-2-7-16/h4-6,17H,2-3,7-8H2,1H3. The highest BCUT2D eigenvalue weighted by molar-refractivity contribution is 14.1. The number of benzene rings is 1. The normalized spacial score (nSPS) is 12.7. The Kier molecular flexibility index (Phi) is 6.26. The van der Waals surface area contributed by atoms with Gasteiger partial charge in [0.1, 0.15) is 0 Å². The molecule has 20 heavy (non-hydrogen) atoms. The SMILES string of the molecule is Cc1c(C(F)(F)F)cccc1S(=O)(=O)NCCCCI. The van der Waals surface area contributed by atoms with Gasteiger partial charge >= 0.3 is 6.18 Å². The minimum Gasteiger partial charge on any atom is -0.211 e. The minimum absolute atomic E-state index is 0.223. The van der Waals surface area contributed by atoms with Gasteiger partial charge in [0.05, 0.1) is 10.5 Å². The van der Waals surface area contributed by atoms with Crippen LogP contribution in [0.1, 0.15) is 24.0 Å². The van der Waals surface area contributed by atoms with E-state index < -0.39 is 21.8 Å². The Morgan fingerprint density at radius 3 is 2.45 bits per heavy atom. The summed E-state index contributed by atoms with van der Waals surface area (Å²) in [7, 11) is -3.91. The van der Waals surface area contributed by atoms with Gasteiger partial charge in [-0.05, 0) is 41.9 Å². The quantitative estimate of drug-likeness (QED) is 0.434. The number of hydrogen-bond donors (Lipinski definition) is 1. The Morgan fingerprint density at radius 1 is 1.25 bits per heavy atom. The fourth-order valence-corrected chi connectivity index (χ4v) is 3.60. The van der Waals surface area contributed by atoms with Gasteiger partial charge in [-0.2, -0.15) is 13.2 Å². The molecule has 3 nitrogen and oxygen atoms in total. The molecule has 1 rings (SSSR count). The van der Waals surface area contributed by atoms with Crippen molar-refractivity contribution in [1.82, 2.24) is 4.72 Å². The average Bonchev–Trinajstić information content (AvgIpc) is 2.33. The van der Waals surface area contributed by atoms with E-state index in [9.17, 15) is 21.6 Å². The Labute approximate surface area is 130 Å². The molecule has 0 radical (unpaired) electrons. The van der Waals surface area contributed by atoms with E-state index in [1.807, 2.05) is 0 Å². The Balaban J connectivity index is 3.02. The zero-order valence-corrected chi connectivity index (χ0v) is 13.8. The van der Waals surface area contributed by atoms with Gasteiger partial charge in [0, 0.05) is 6.54 Å². The number of rotatable bonds is 6. The summed E-state index contributed by atoms with van der Waals surface area (Å²) >= 11 is 2.18. The number of halogens is 4. The summed E-state index contributed by atoms with van der Waals surface area (Å²) in [4.78, 5) is -0.318. The summed E-state index contributed by atoms with van der Waals surface area (Å²) in [5, 5.41) is 0. The zero-order valence-electron chi connectivity index (χ0n) is 10.8. The first-order chi connectivity index (χ1) is 9.20. The number of unbranched alkanes of at least 4 members (excludes halogenated alkanes) is 1. The van der Waals surface area contributed by atoms with E-state index in [1.165, 1.54) is 13.0 Å². The molecule has 0 aromatic heterocycles. The van der Waals surface area contributed by atoms with Gasteiger partial charge in [0.2, 0.25) is 10.0 Å². The summed E-state index contributed by atoms with van der Waals surface area (Å²) < 4.78 is 65.5. The lowest BCUT2D eigenvalue weighted by molar-refractivity contribution is -0.138. The van der Waals surface area contributed by atoms with Crippen LogP contribution in [0.2, 0.25) is 0 Å². The van der Waals surface area contributed by atoms with Crippen LogP contribution in [0.5, 0.6) is 0 Å². The molecule has 0 saturated heterocycles. The molecule has 0 amide bonds. The van der Waals surface area contributed by atoms with Crippen molar-refractivity contribution in [1.29, 1.82) is 0 Å². The van der Waals surface area contributed by atoms with Crippen molar-refractivity contribution in [3.8, 4) is 0 Å².